The van der Waals surface area contributed by atoms with Crippen molar-refractivity contribution >= 4 is 11.3 Å². The van der Waals surface area contributed by atoms with Crippen molar-refractivity contribution < 1.29 is 0 Å². The summed E-state index contributed by atoms with van der Waals surface area (Å²) < 4.78 is 0.823. The normalized spacial score (nSPS) is 22.7. The summed E-state index contributed by atoms with van der Waals surface area (Å²) in [6.07, 6.45) is 3.58. The number of hydrogen-bond acceptors (Lipinski definition) is 1. The van der Waals surface area contributed by atoms with Crippen molar-refractivity contribution in [3.63, 3.8) is 0 Å². The number of quaternary nitrogens is 1. The minimum atomic E-state index is 0.397. The fraction of sp³-hybridized carbons (Fsp3) is 0.471. The summed E-state index contributed by atoms with van der Waals surface area (Å²) >= 11 is 0. The van der Waals surface area contributed by atoms with E-state index in [0.29, 0.717) is 5.41 Å². The van der Waals surface area contributed by atoms with E-state index in [0.717, 1.165) is 16.5 Å². The molecule has 0 saturated heterocycles. The molecule has 0 aromatic heterocycles. The van der Waals surface area contributed by atoms with E-state index in [-0.39, 0.29) is 0 Å². The van der Waals surface area contributed by atoms with Gasteiger partial charge in [0, 0.05) is 23.6 Å². The highest BCUT2D eigenvalue weighted by Gasteiger charge is 2.44. The van der Waals surface area contributed by atoms with Crippen molar-refractivity contribution in [2.24, 2.45) is 5.41 Å². The summed E-state index contributed by atoms with van der Waals surface area (Å²) in [7, 11) is 4.51. The molecule has 98 valence electrons. The predicted molar refractivity (Wildman–Crippen MR) is 79.4 cm³/mol. The van der Waals surface area contributed by atoms with E-state index in [9.17, 15) is 0 Å². The van der Waals surface area contributed by atoms with Crippen molar-refractivity contribution in [1.82, 2.24) is 4.48 Å². The number of rotatable bonds is 0. The van der Waals surface area contributed by atoms with E-state index in [1.165, 1.54) is 29.7 Å². The molecule has 0 fully saturated rings. The summed E-state index contributed by atoms with van der Waals surface area (Å²) in [5.74, 6) is 0. The average Bonchev–Trinajstić information content (AvgIpc) is 2.57. The lowest BCUT2D eigenvalue weighted by Gasteiger charge is -2.35. The molecule has 0 atom stereocenters. The molecule has 0 bridgehead atoms. The lowest BCUT2D eigenvalue weighted by molar-refractivity contribution is 0.292. The van der Waals surface area contributed by atoms with E-state index in [1.54, 1.807) is 5.70 Å². The van der Waals surface area contributed by atoms with Crippen LogP contribution >= 0.6 is 0 Å². The lowest BCUT2D eigenvalue weighted by Crippen LogP contribution is -2.40. The van der Waals surface area contributed by atoms with Gasteiger partial charge in [-0.15, -0.1) is 0 Å². The van der Waals surface area contributed by atoms with Crippen molar-refractivity contribution in [1.29, 1.82) is 5.26 Å². The van der Waals surface area contributed by atoms with Gasteiger partial charge < -0.3 is 0 Å². The zero-order chi connectivity index (χ0) is 13.8. The second-order valence-corrected chi connectivity index (χ2v) is 7.06. The van der Waals surface area contributed by atoms with E-state index in [1.807, 2.05) is 6.07 Å². The summed E-state index contributed by atoms with van der Waals surface area (Å²) in [5, 5.41) is 9.11. The molecule has 0 amide bonds. The van der Waals surface area contributed by atoms with Gasteiger partial charge in [0.25, 0.3) is 0 Å². The van der Waals surface area contributed by atoms with Crippen LogP contribution in [0.25, 0.3) is 5.57 Å². The molecule has 19 heavy (non-hydrogen) atoms. The predicted octanol–water partition coefficient (Wildman–Crippen LogP) is 4.06. The standard InChI is InChI=1S/C17H21N2/c1-17(2)8-7-14-13-6-5-12(11-18)9-15(13)19(3,4)16(14)10-17/h5-6,9H,7-8,10H2,1-4H3/q+1. The fourth-order valence-electron chi connectivity index (χ4n) is 3.55. The fourth-order valence-corrected chi connectivity index (χ4v) is 3.55. The third-order valence-electron chi connectivity index (χ3n) is 4.78. The Labute approximate surface area is 115 Å². The van der Waals surface area contributed by atoms with Gasteiger partial charge in [-0.2, -0.15) is 5.26 Å². The first kappa shape index (κ1) is 12.4. The Hall–Kier alpha value is -1.59. The molecule has 0 spiro atoms. The van der Waals surface area contributed by atoms with Crippen molar-refractivity contribution in [3.8, 4) is 6.07 Å². The van der Waals surface area contributed by atoms with Crippen LogP contribution in [-0.4, -0.2) is 14.1 Å². The van der Waals surface area contributed by atoms with Crippen LogP contribution in [0.1, 0.15) is 44.2 Å². The number of nitrogens with zero attached hydrogens (tertiary/aromatic N) is 2. The Bertz CT molecular complexity index is 627. The Morgan fingerprint density at radius 1 is 1.26 bits per heavy atom. The monoisotopic (exact) mass is 253 g/mol. The average molecular weight is 253 g/mol. The van der Waals surface area contributed by atoms with Crippen LogP contribution in [0, 0.1) is 16.7 Å². The molecule has 1 heterocycles. The summed E-state index contributed by atoms with van der Waals surface area (Å²) in [6.45, 7) is 4.72. The maximum absolute atomic E-state index is 9.11. The van der Waals surface area contributed by atoms with Gasteiger partial charge in [-0.3, -0.25) is 4.48 Å². The molecule has 0 unspecified atom stereocenters. The topological polar surface area (TPSA) is 23.8 Å². The van der Waals surface area contributed by atoms with Crippen molar-refractivity contribution in [2.45, 2.75) is 33.1 Å². The minimum Gasteiger partial charge on any atom is -0.266 e. The summed E-state index contributed by atoms with van der Waals surface area (Å²) in [5.41, 5.74) is 6.90. The Morgan fingerprint density at radius 2 is 2.00 bits per heavy atom. The van der Waals surface area contributed by atoms with Crippen LogP contribution < -0.4 is 4.48 Å². The SMILES string of the molecule is CC1(C)CCC2=C(C1)[N+](C)(C)c1cc(C#N)ccc12. The van der Waals surface area contributed by atoms with Crippen LogP contribution in [0.2, 0.25) is 0 Å². The molecule has 0 saturated carbocycles. The van der Waals surface area contributed by atoms with Crippen LogP contribution in [0.3, 0.4) is 0 Å². The first-order valence-corrected chi connectivity index (χ1v) is 6.97. The quantitative estimate of drug-likeness (QED) is 0.640. The highest BCUT2D eigenvalue weighted by atomic mass is 15.3. The Kier molecular flexibility index (Phi) is 2.43. The third-order valence-corrected chi connectivity index (χ3v) is 4.78. The highest BCUT2D eigenvalue weighted by molar-refractivity contribution is 5.86. The minimum absolute atomic E-state index is 0.397. The number of allylic oxidation sites excluding steroid dienone is 2. The second-order valence-electron chi connectivity index (χ2n) is 7.06. The second kappa shape index (κ2) is 3.71. The maximum atomic E-state index is 9.11. The zero-order valence-corrected chi connectivity index (χ0v) is 12.2. The first-order valence-electron chi connectivity index (χ1n) is 6.97. The van der Waals surface area contributed by atoms with Crippen molar-refractivity contribution in [3.05, 3.63) is 35.0 Å². The van der Waals surface area contributed by atoms with Gasteiger partial charge in [0.1, 0.15) is 11.4 Å². The Balaban J connectivity index is 2.17. The van der Waals surface area contributed by atoms with Gasteiger partial charge in [0.15, 0.2) is 0 Å². The number of nitriles is 1. The smallest absolute Gasteiger partial charge is 0.146 e. The molecule has 2 heteroatoms. The summed E-state index contributed by atoms with van der Waals surface area (Å²) in [6, 6.07) is 8.43. The van der Waals surface area contributed by atoms with Gasteiger partial charge in [0.2, 0.25) is 0 Å². The van der Waals surface area contributed by atoms with Gasteiger partial charge in [-0.05, 0) is 30.4 Å². The van der Waals surface area contributed by atoms with E-state index in [4.69, 9.17) is 5.26 Å². The molecule has 3 rings (SSSR count). The van der Waals surface area contributed by atoms with Gasteiger partial charge in [-0.1, -0.05) is 13.8 Å². The molecule has 2 nitrogen and oxygen atoms in total. The highest BCUT2D eigenvalue weighted by Crippen LogP contribution is 2.53. The number of fused-ring (bicyclic) bond motifs is 2. The molecule has 2 aliphatic rings. The Morgan fingerprint density at radius 3 is 2.68 bits per heavy atom. The third kappa shape index (κ3) is 1.73. The van der Waals surface area contributed by atoms with Gasteiger partial charge in [-0.25, -0.2) is 0 Å². The van der Waals surface area contributed by atoms with Crippen LogP contribution in [-0.2, 0) is 0 Å². The van der Waals surface area contributed by atoms with Crippen LogP contribution in [0.15, 0.2) is 23.9 Å². The van der Waals surface area contributed by atoms with E-state index in [2.05, 4.69) is 46.1 Å². The number of hydrogen-bond donors (Lipinski definition) is 0. The molecule has 1 aromatic rings. The molecular formula is C17H21N2+. The van der Waals surface area contributed by atoms with Crippen LogP contribution in [0.4, 0.5) is 5.69 Å². The van der Waals surface area contributed by atoms with E-state index < -0.39 is 0 Å². The molecule has 1 aromatic carbocycles. The van der Waals surface area contributed by atoms with Gasteiger partial charge >= 0.3 is 0 Å². The molecule has 0 N–H and O–H groups in total. The molecular weight excluding hydrogens is 232 g/mol. The van der Waals surface area contributed by atoms with Crippen molar-refractivity contribution in [2.75, 3.05) is 14.1 Å². The summed E-state index contributed by atoms with van der Waals surface area (Å²) in [4.78, 5) is 0. The van der Waals surface area contributed by atoms with E-state index >= 15 is 0 Å². The first-order chi connectivity index (χ1) is 8.85. The van der Waals surface area contributed by atoms with Gasteiger partial charge in [0.05, 0.1) is 25.7 Å². The lowest BCUT2D eigenvalue weighted by atomic mass is 9.76. The molecule has 1 aliphatic heterocycles. The zero-order valence-electron chi connectivity index (χ0n) is 12.2. The van der Waals surface area contributed by atoms with Crippen LogP contribution in [0.5, 0.6) is 0 Å². The molecule has 1 aliphatic carbocycles. The maximum Gasteiger partial charge on any atom is 0.146 e. The number of benzene rings is 1. The molecule has 0 radical (unpaired) electrons. The largest absolute Gasteiger partial charge is 0.266 e.